The van der Waals surface area contributed by atoms with Crippen LogP contribution in [-0.2, 0) is 22.6 Å². The average molecular weight is 418 g/mol. The minimum absolute atomic E-state index is 0.145. The van der Waals surface area contributed by atoms with Crippen LogP contribution in [0.4, 0.5) is 0 Å². The molecule has 0 aliphatic heterocycles. The minimum atomic E-state index is -0.276. The van der Waals surface area contributed by atoms with E-state index in [0.717, 1.165) is 16.1 Å². The van der Waals surface area contributed by atoms with Gasteiger partial charge in [-0.15, -0.1) is 11.3 Å². The molecule has 7 heteroatoms. The molecule has 146 valence electrons. The van der Waals surface area contributed by atoms with Crippen LogP contribution in [0.15, 0.2) is 47.8 Å². The summed E-state index contributed by atoms with van der Waals surface area (Å²) in [6.45, 7) is 0.145. The Balaban J connectivity index is 1.52. The van der Waals surface area contributed by atoms with Crippen LogP contribution in [0.25, 0.3) is 10.6 Å². The van der Waals surface area contributed by atoms with Gasteiger partial charge in [0.05, 0.1) is 24.9 Å². The molecule has 0 bridgehead atoms. The lowest BCUT2D eigenvalue weighted by atomic mass is 10.1. The molecule has 5 nitrogen and oxygen atoms in total. The molecule has 0 aliphatic rings. The summed E-state index contributed by atoms with van der Waals surface area (Å²) in [5, 5.41) is 3.33. The molecule has 28 heavy (non-hydrogen) atoms. The SMILES string of the molecule is COc1ccc(CCC(=O)OCc2csc(-c3ccccc3Cl)n2)cc1OC. The molecule has 3 rings (SSSR count). The van der Waals surface area contributed by atoms with Crippen molar-refractivity contribution in [2.45, 2.75) is 19.4 Å². The summed E-state index contributed by atoms with van der Waals surface area (Å²) in [5.41, 5.74) is 2.56. The first-order chi connectivity index (χ1) is 13.6. The maximum Gasteiger partial charge on any atom is 0.306 e. The normalized spacial score (nSPS) is 10.5. The van der Waals surface area contributed by atoms with Crippen molar-refractivity contribution in [1.82, 2.24) is 4.98 Å². The van der Waals surface area contributed by atoms with Crippen LogP contribution in [-0.4, -0.2) is 25.2 Å². The fraction of sp³-hybridized carbons (Fsp3) is 0.238. The Morgan fingerprint density at radius 2 is 1.89 bits per heavy atom. The number of aryl methyl sites for hydroxylation is 1. The topological polar surface area (TPSA) is 57.7 Å². The summed E-state index contributed by atoms with van der Waals surface area (Å²) in [4.78, 5) is 16.6. The number of carbonyl (C=O) groups is 1. The van der Waals surface area contributed by atoms with Gasteiger partial charge in [-0.3, -0.25) is 4.79 Å². The maximum absolute atomic E-state index is 12.1. The Morgan fingerprint density at radius 1 is 1.11 bits per heavy atom. The number of nitrogens with zero attached hydrogens (tertiary/aromatic N) is 1. The van der Waals surface area contributed by atoms with Crippen LogP contribution in [0, 0.1) is 0 Å². The van der Waals surface area contributed by atoms with Gasteiger partial charge in [0.15, 0.2) is 11.5 Å². The third kappa shape index (κ3) is 5.03. The van der Waals surface area contributed by atoms with E-state index in [1.165, 1.54) is 11.3 Å². The van der Waals surface area contributed by atoms with Crippen molar-refractivity contribution in [1.29, 1.82) is 0 Å². The molecule has 0 aliphatic carbocycles. The van der Waals surface area contributed by atoms with Gasteiger partial charge in [0, 0.05) is 17.4 Å². The highest BCUT2D eigenvalue weighted by Gasteiger charge is 2.11. The number of thiazole rings is 1. The van der Waals surface area contributed by atoms with Crippen LogP contribution in [0.5, 0.6) is 11.5 Å². The van der Waals surface area contributed by atoms with Crippen LogP contribution in [0.1, 0.15) is 17.7 Å². The molecule has 0 saturated carbocycles. The Morgan fingerprint density at radius 3 is 2.64 bits per heavy atom. The van der Waals surface area contributed by atoms with Crippen molar-refractivity contribution < 1.29 is 19.0 Å². The van der Waals surface area contributed by atoms with E-state index in [1.54, 1.807) is 14.2 Å². The molecule has 1 aromatic heterocycles. The van der Waals surface area contributed by atoms with Crippen molar-refractivity contribution in [3.05, 3.63) is 64.1 Å². The molecular formula is C21H20ClNO4S. The average Bonchev–Trinajstić information content (AvgIpc) is 3.19. The van der Waals surface area contributed by atoms with Crippen LogP contribution < -0.4 is 9.47 Å². The van der Waals surface area contributed by atoms with Crippen LogP contribution in [0.2, 0.25) is 5.02 Å². The van der Waals surface area contributed by atoms with Gasteiger partial charge in [-0.05, 0) is 30.2 Å². The van der Waals surface area contributed by atoms with E-state index in [2.05, 4.69) is 4.98 Å². The van der Waals surface area contributed by atoms with Gasteiger partial charge >= 0.3 is 5.97 Å². The van der Waals surface area contributed by atoms with E-state index in [0.29, 0.717) is 28.6 Å². The van der Waals surface area contributed by atoms with Crippen molar-refractivity contribution in [3.8, 4) is 22.1 Å². The molecule has 0 radical (unpaired) electrons. The standard InChI is InChI=1S/C21H20ClNO4S/c1-25-18-9-7-14(11-19(18)26-2)8-10-20(24)27-12-15-13-28-21(23-15)16-5-3-4-6-17(16)22/h3-7,9,11,13H,8,10,12H2,1-2H3. The quantitative estimate of drug-likeness (QED) is 0.474. The monoisotopic (exact) mass is 417 g/mol. The summed E-state index contributed by atoms with van der Waals surface area (Å²) >= 11 is 7.67. The number of aromatic nitrogens is 1. The second-order valence-electron chi connectivity index (χ2n) is 5.97. The summed E-state index contributed by atoms with van der Waals surface area (Å²) in [6, 6.07) is 13.1. The number of hydrogen-bond donors (Lipinski definition) is 0. The molecule has 0 N–H and O–H groups in total. The highest BCUT2D eigenvalue weighted by atomic mass is 35.5. The molecule has 0 fully saturated rings. The lowest BCUT2D eigenvalue weighted by Gasteiger charge is -2.09. The first-order valence-corrected chi connectivity index (χ1v) is 9.92. The highest BCUT2D eigenvalue weighted by Crippen LogP contribution is 2.30. The van der Waals surface area contributed by atoms with E-state index in [-0.39, 0.29) is 19.0 Å². The van der Waals surface area contributed by atoms with Gasteiger partial charge in [0.2, 0.25) is 0 Å². The summed E-state index contributed by atoms with van der Waals surface area (Å²) in [6.07, 6.45) is 0.831. The molecule has 0 atom stereocenters. The Labute approximate surface area is 172 Å². The Kier molecular flexibility index (Phi) is 6.90. The first-order valence-electron chi connectivity index (χ1n) is 8.66. The lowest BCUT2D eigenvalue weighted by Crippen LogP contribution is -2.06. The van der Waals surface area contributed by atoms with Gasteiger partial charge < -0.3 is 14.2 Å². The zero-order valence-corrected chi connectivity index (χ0v) is 17.2. The number of rotatable bonds is 8. The van der Waals surface area contributed by atoms with Crippen LogP contribution >= 0.6 is 22.9 Å². The summed E-state index contributed by atoms with van der Waals surface area (Å²) in [7, 11) is 3.17. The number of benzene rings is 2. The van der Waals surface area contributed by atoms with E-state index in [9.17, 15) is 4.79 Å². The Hall–Kier alpha value is -2.57. The number of esters is 1. The number of carbonyl (C=O) groups excluding carboxylic acids is 1. The van der Waals surface area contributed by atoms with E-state index >= 15 is 0 Å². The molecule has 0 amide bonds. The molecule has 3 aromatic rings. The van der Waals surface area contributed by atoms with Gasteiger partial charge in [-0.25, -0.2) is 4.98 Å². The second kappa shape index (κ2) is 9.57. The van der Waals surface area contributed by atoms with Crippen molar-refractivity contribution in [2.24, 2.45) is 0 Å². The van der Waals surface area contributed by atoms with E-state index < -0.39 is 0 Å². The van der Waals surface area contributed by atoms with E-state index in [4.69, 9.17) is 25.8 Å². The Bertz CT molecular complexity index is 957. The van der Waals surface area contributed by atoms with Crippen LogP contribution in [0.3, 0.4) is 0 Å². The number of halogens is 1. The second-order valence-corrected chi connectivity index (χ2v) is 7.24. The third-order valence-corrected chi connectivity index (χ3v) is 5.36. The van der Waals surface area contributed by atoms with E-state index in [1.807, 2.05) is 47.8 Å². The predicted octanol–water partition coefficient (Wildman–Crippen LogP) is 5.16. The molecular weight excluding hydrogens is 398 g/mol. The fourth-order valence-electron chi connectivity index (χ4n) is 2.64. The lowest BCUT2D eigenvalue weighted by molar-refractivity contribution is -0.145. The zero-order valence-electron chi connectivity index (χ0n) is 15.6. The van der Waals surface area contributed by atoms with Crippen molar-refractivity contribution in [3.63, 3.8) is 0 Å². The van der Waals surface area contributed by atoms with Gasteiger partial charge in [-0.1, -0.05) is 35.9 Å². The number of hydrogen-bond acceptors (Lipinski definition) is 6. The van der Waals surface area contributed by atoms with Gasteiger partial charge in [0.1, 0.15) is 11.6 Å². The molecule has 2 aromatic carbocycles. The number of methoxy groups -OCH3 is 2. The predicted molar refractivity (Wildman–Crippen MR) is 110 cm³/mol. The third-order valence-electron chi connectivity index (χ3n) is 4.10. The minimum Gasteiger partial charge on any atom is -0.493 e. The molecule has 0 unspecified atom stereocenters. The molecule has 1 heterocycles. The molecule has 0 saturated heterocycles. The number of ether oxygens (including phenoxy) is 3. The summed E-state index contributed by atoms with van der Waals surface area (Å²) in [5.74, 6) is 1.02. The molecule has 0 spiro atoms. The van der Waals surface area contributed by atoms with Crippen molar-refractivity contribution >= 4 is 28.9 Å². The smallest absolute Gasteiger partial charge is 0.306 e. The van der Waals surface area contributed by atoms with Crippen molar-refractivity contribution in [2.75, 3.05) is 14.2 Å². The zero-order chi connectivity index (χ0) is 19.9. The largest absolute Gasteiger partial charge is 0.493 e. The van der Waals surface area contributed by atoms with Gasteiger partial charge in [0.25, 0.3) is 0 Å². The summed E-state index contributed by atoms with van der Waals surface area (Å²) < 4.78 is 15.8. The van der Waals surface area contributed by atoms with Gasteiger partial charge in [-0.2, -0.15) is 0 Å². The maximum atomic E-state index is 12.1. The first kappa shape index (κ1) is 20.2. The highest BCUT2D eigenvalue weighted by molar-refractivity contribution is 7.13. The fourth-order valence-corrected chi connectivity index (χ4v) is 3.77.